The molecule has 122 valence electrons. The van der Waals surface area contributed by atoms with Gasteiger partial charge in [0.2, 0.25) is 15.9 Å². The molecule has 2 rings (SSSR count). The van der Waals surface area contributed by atoms with Crippen LogP contribution < -0.4 is 10.5 Å². The third-order valence-electron chi connectivity index (χ3n) is 3.92. The summed E-state index contributed by atoms with van der Waals surface area (Å²) in [7, 11) is -2.12. The van der Waals surface area contributed by atoms with E-state index in [9.17, 15) is 13.2 Å². The molecule has 0 unspecified atom stereocenters. The van der Waals surface area contributed by atoms with E-state index in [1.807, 2.05) is 0 Å². The van der Waals surface area contributed by atoms with E-state index in [4.69, 9.17) is 10.5 Å². The first kappa shape index (κ1) is 17.2. The van der Waals surface area contributed by atoms with Crippen LogP contribution in [0.5, 0.6) is 5.75 Å². The van der Waals surface area contributed by atoms with Gasteiger partial charge in [0.05, 0.1) is 16.5 Å². The molecule has 0 spiro atoms. The molecule has 0 atom stereocenters. The molecule has 1 amide bonds. The monoisotopic (exact) mass is 390 g/mol. The van der Waals surface area contributed by atoms with Crippen molar-refractivity contribution in [1.29, 1.82) is 0 Å². The Kier molecular flexibility index (Phi) is 5.14. The maximum atomic E-state index is 12.8. The number of amides is 1. The molecular formula is C14H19BrN2O4S. The number of ether oxygens (including phenoxy) is 1. The zero-order valence-corrected chi connectivity index (χ0v) is 14.9. The van der Waals surface area contributed by atoms with Gasteiger partial charge in [-0.1, -0.05) is 0 Å². The summed E-state index contributed by atoms with van der Waals surface area (Å²) in [5.41, 5.74) is 5.93. The molecule has 6 nitrogen and oxygen atoms in total. The van der Waals surface area contributed by atoms with Gasteiger partial charge in [-0.05, 0) is 47.3 Å². The Morgan fingerprint density at radius 3 is 2.45 bits per heavy atom. The van der Waals surface area contributed by atoms with E-state index >= 15 is 0 Å². The predicted molar refractivity (Wildman–Crippen MR) is 86.1 cm³/mol. The number of carbonyl (C=O) groups is 1. The molecule has 8 heteroatoms. The van der Waals surface area contributed by atoms with Crippen molar-refractivity contribution in [3.63, 3.8) is 0 Å². The lowest BCUT2D eigenvalue weighted by Crippen LogP contribution is -2.41. The van der Waals surface area contributed by atoms with Gasteiger partial charge in [0.25, 0.3) is 0 Å². The van der Waals surface area contributed by atoms with Gasteiger partial charge in [0, 0.05) is 25.1 Å². The van der Waals surface area contributed by atoms with E-state index in [0.717, 1.165) is 0 Å². The minimum absolute atomic E-state index is 0.227. The maximum absolute atomic E-state index is 12.8. The van der Waals surface area contributed by atoms with Crippen LogP contribution in [-0.2, 0) is 14.8 Å². The topological polar surface area (TPSA) is 89.7 Å². The van der Waals surface area contributed by atoms with Crippen LogP contribution in [0.4, 0.5) is 0 Å². The van der Waals surface area contributed by atoms with Crippen molar-refractivity contribution in [2.75, 3.05) is 20.2 Å². The molecular weight excluding hydrogens is 372 g/mol. The van der Waals surface area contributed by atoms with Crippen molar-refractivity contribution in [2.24, 2.45) is 11.7 Å². The minimum Gasteiger partial charge on any atom is -0.496 e. The van der Waals surface area contributed by atoms with Gasteiger partial charge in [-0.15, -0.1) is 0 Å². The van der Waals surface area contributed by atoms with Crippen molar-refractivity contribution in [3.05, 3.63) is 22.2 Å². The van der Waals surface area contributed by atoms with Gasteiger partial charge in [-0.25, -0.2) is 8.42 Å². The van der Waals surface area contributed by atoms with Gasteiger partial charge in [0.15, 0.2) is 0 Å². The summed E-state index contributed by atoms with van der Waals surface area (Å²) in [5, 5.41) is 0. The molecule has 2 N–H and O–H groups in total. The van der Waals surface area contributed by atoms with Crippen molar-refractivity contribution >= 4 is 31.9 Å². The molecule has 0 aromatic heterocycles. The van der Waals surface area contributed by atoms with Crippen molar-refractivity contribution in [1.82, 2.24) is 4.31 Å². The second-order valence-corrected chi connectivity index (χ2v) is 8.09. The average molecular weight is 391 g/mol. The van der Waals surface area contributed by atoms with E-state index in [-0.39, 0.29) is 16.7 Å². The minimum atomic E-state index is -3.61. The van der Waals surface area contributed by atoms with E-state index in [1.165, 1.54) is 17.5 Å². The predicted octanol–water partition coefficient (Wildman–Crippen LogP) is 1.65. The molecule has 1 fully saturated rings. The summed E-state index contributed by atoms with van der Waals surface area (Å²) < 4.78 is 32.9. The molecule has 1 aliphatic rings. The summed E-state index contributed by atoms with van der Waals surface area (Å²) in [6, 6.07) is 3.25. The highest BCUT2D eigenvalue weighted by Crippen LogP contribution is 2.33. The van der Waals surface area contributed by atoms with Crippen LogP contribution in [0.3, 0.4) is 0 Å². The normalized spacial score (nSPS) is 17.4. The number of nitrogens with zero attached hydrogens (tertiary/aromatic N) is 1. The Bertz CT molecular complexity index is 682. The lowest BCUT2D eigenvalue weighted by molar-refractivity contribution is -0.122. The van der Waals surface area contributed by atoms with Crippen molar-refractivity contribution in [3.8, 4) is 5.75 Å². The smallest absolute Gasteiger partial charge is 0.243 e. The average Bonchev–Trinajstić information content (AvgIpc) is 2.47. The number of sulfonamides is 1. The van der Waals surface area contributed by atoms with Crippen LogP contribution in [-0.4, -0.2) is 38.8 Å². The van der Waals surface area contributed by atoms with Gasteiger partial charge in [0.1, 0.15) is 5.75 Å². The molecule has 1 aliphatic heterocycles. The molecule has 0 radical (unpaired) electrons. The number of nitrogens with two attached hydrogens (primary N) is 1. The largest absolute Gasteiger partial charge is 0.496 e. The van der Waals surface area contributed by atoms with Gasteiger partial charge in [-0.2, -0.15) is 4.31 Å². The number of hydrogen-bond acceptors (Lipinski definition) is 4. The van der Waals surface area contributed by atoms with Gasteiger partial charge >= 0.3 is 0 Å². The van der Waals surface area contributed by atoms with Crippen LogP contribution in [0.1, 0.15) is 18.4 Å². The van der Waals surface area contributed by atoms with E-state index < -0.39 is 10.0 Å². The number of halogens is 1. The maximum Gasteiger partial charge on any atom is 0.243 e. The highest BCUT2D eigenvalue weighted by Gasteiger charge is 2.32. The molecule has 1 aromatic carbocycles. The van der Waals surface area contributed by atoms with Crippen LogP contribution >= 0.6 is 15.9 Å². The van der Waals surface area contributed by atoms with E-state index in [2.05, 4.69) is 15.9 Å². The van der Waals surface area contributed by atoms with Crippen LogP contribution in [0.15, 0.2) is 21.5 Å². The Labute approximate surface area is 138 Å². The number of methoxy groups -OCH3 is 1. The lowest BCUT2D eigenvalue weighted by atomic mass is 9.98. The Hall–Kier alpha value is -1.12. The van der Waals surface area contributed by atoms with Crippen LogP contribution in [0.25, 0.3) is 0 Å². The Balaban J connectivity index is 2.30. The van der Waals surface area contributed by atoms with Crippen LogP contribution in [0, 0.1) is 12.8 Å². The van der Waals surface area contributed by atoms with Crippen molar-refractivity contribution in [2.45, 2.75) is 24.7 Å². The number of hydrogen-bond donors (Lipinski definition) is 1. The van der Waals surface area contributed by atoms with Gasteiger partial charge < -0.3 is 10.5 Å². The summed E-state index contributed by atoms with van der Waals surface area (Å²) in [4.78, 5) is 11.4. The number of carbonyl (C=O) groups excluding carboxylic acids is 1. The Morgan fingerprint density at radius 1 is 1.36 bits per heavy atom. The summed E-state index contributed by atoms with van der Waals surface area (Å²) in [6.07, 6.45) is 0.919. The quantitative estimate of drug-likeness (QED) is 0.845. The van der Waals surface area contributed by atoms with Crippen LogP contribution in [0.2, 0.25) is 0 Å². The SMILES string of the molecule is COc1cc(S(=O)(=O)N2CCC(C(N)=O)CC2)c(C)cc1Br. The van der Waals surface area contributed by atoms with E-state index in [0.29, 0.717) is 41.7 Å². The van der Waals surface area contributed by atoms with E-state index in [1.54, 1.807) is 13.0 Å². The zero-order valence-electron chi connectivity index (χ0n) is 12.5. The summed E-state index contributed by atoms with van der Waals surface area (Å²) in [6.45, 7) is 2.34. The first-order chi connectivity index (χ1) is 10.3. The Morgan fingerprint density at radius 2 is 1.95 bits per heavy atom. The third kappa shape index (κ3) is 3.28. The molecule has 1 heterocycles. The number of rotatable bonds is 4. The molecule has 1 aromatic rings. The fourth-order valence-electron chi connectivity index (χ4n) is 2.59. The van der Waals surface area contributed by atoms with Crippen molar-refractivity contribution < 1.29 is 17.9 Å². The number of piperidine rings is 1. The molecule has 0 bridgehead atoms. The fraction of sp³-hybridized carbons (Fsp3) is 0.500. The first-order valence-electron chi connectivity index (χ1n) is 6.91. The molecule has 0 aliphatic carbocycles. The first-order valence-corrected chi connectivity index (χ1v) is 9.14. The third-order valence-corrected chi connectivity index (χ3v) is 6.58. The lowest BCUT2D eigenvalue weighted by Gasteiger charge is -2.30. The summed E-state index contributed by atoms with van der Waals surface area (Å²) in [5.74, 6) is -0.137. The molecule has 1 saturated heterocycles. The fourth-order valence-corrected chi connectivity index (χ4v) is 4.90. The zero-order chi connectivity index (χ0) is 16.5. The second kappa shape index (κ2) is 6.55. The molecule has 0 saturated carbocycles. The second-order valence-electron chi connectivity index (χ2n) is 5.33. The summed E-state index contributed by atoms with van der Waals surface area (Å²) >= 11 is 3.34. The highest BCUT2D eigenvalue weighted by atomic mass is 79.9. The van der Waals surface area contributed by atoms with Gasteiger partial charge in [-0.3, -0.25) is 4.79 Å². The number of aryl methyl sites for hydroxylation is 1. The highest BCUT2D eigenvalue weighted by molar-refractivity contribution is 9.10. The number of benzene rings is 1. The standard InChI is InChI=1S/C14H19BrN2O4S/c1-9-7-11(15)12(21-2)8-13(9)22(19,20)17-5-3-10(4-6-17)14(16)18/h7-8,10H,3-6H2,1-2H3,(H2,16,18). The molecule has 22 heavy (non-hydrogen) atoms. The number of primary amides is 1.